The van der Waals surface area contributed by atoms with Crippen molar-refractivity contribution in [2.24, 2.45) is 0 Å². The predicted octanol–water partition coefficient (Wildman–Crippen LogP) is 2.93. The van der Waals surface area contributed by atoms with Crippen LogP contribution in [0.4, 0.5) is 10.2 Å². The molecule has 1 aliphatic carbocycles. The first kappa shape index (κ1) is 22.2. The number of morpholine rings is 1. The highest BCUT2D eigenvalue weighted by atomic mass is 32.2. The topological polar surface area (TPSA) is 88.6 Å². The van der Waals surface area contributed by atoms with Gasteiger partial charge in [0.15, 0.2) is 0 Å². The number of amides is 1. The summed E-state index contributed by atoms with van der Waals surface area (Å²) in [5.41, 5.74) is 2.05. The van der Waals surface area contributed by atoms with Crippen molar-refractivity contribution in [3.05, 3.63) is 78.0 Å². The van der Waals surface area contributed by atoms with Crippen LogP contribution in [-0.4, -0.2) is 55.5 Å². The standard InChI is InChI=1S/C23H24FN3O4S/c24-23(11-9-19(10-12-23)18-5-2-1-3-6-18)32(29,30)26-21-8-4-7-20(25-21)17-22(28)27-13-15-31-16-14-27/h1-11H,12-17H2,(H,25,26). The number of carbonyl (C=O) groups excluding carboxylic acids is 1. The number of nitrogens with zero attached hydrogens (tertiary/aromatic N) is 2. The second-order valence-electron chi connectivity index (χ2n) is 7.64. The zero-order valence-electron chi connectivity index (χ0n) is 17.4. The lowest BCUT2D eigenvalue weighted by Gasteiger charge is -2.27. The van der Waals surface area contributed by atoms with E-state index in [0.29, 0.717) is 32.0 Å². The number of benzene rings is 1. The Kier molecular flexibility index (Phi) is 6.38. The zero-order chi connectivity index (χ0) is 22.6. The van der Waals surface area contributed by atoms with Gasteiger partial charge in [-0.05, 0) is 29.3 Å². The van der Waals surface area contributed by atoms with Gasteiger partial charge in [-0.2, -0.15) is 0 Å². The molecule has 1 N–H and O–H groups in total. The third kappa shape index (κ3) is 4.89. The summed E-state index contributed by atoms with van der Waals surface area (Å²) in [4.78, 5) is 18.3. The number of sulfonamides is 1. The van der Waals surface area contributed by atoms with Crippen molar-refractivity contribution in [3.63, 3.8) is 0 Å². The average Bonchev–Trinajstić information content (AvgIpc) is 2.80. The van der Waals surface area contributed by atoms with E-state index in [1.165, 1.54) is 12.1 Å². The van der Waals surface area contributed by atoms with Crippen molar-refractivity contribution in [2.45, 2.75) is 17.8 Å². The Morgan fingerprint density at radius 3 is 2.56 bits per heavy atom. The molecule has 1 saturated heterocycles. The molecule has 1 aromatic heterocycles. The maximum absolute atomic E-state index is 15.4. The number of rotatable bonds is 6. The van der Waals surface area contributed by atoms with Crippen molar-refractivity contribution >= 4 is 27.3 Å². The molecule has 32 heavy (non-hydrogen) atoms. The molecule has 2 aliphatic rings. The molecule has 7 nitrogen and oxygen atoms in total. The summed E-state index contributed by atoms with van der Waals surface area (Å²) >= 11 is 0. The molecule has 0 radical (unpaired) electrons. The minimum absolute atomic E-state index is 0.0272. The second kappa shape index (κ2) is 9.22. The van der Waals surface area contributed by atoms with Gasteiger partial charge >= 0.3 is 0 Å². The van der Waals surface area contributed by atoms with Gasteiger partial charge in [-0.1, -0.05) is 48.6 Å². The first-order chi connectivity index (χ1) is 15.4. The molecule has 4 rings (SSSR count). The zero-order valence-corrected chi connectivity index (χ0v) is 18.2. The number of pyridine rings is 1. The van der Waals surface area contributed by atoms with Gasteiger partial charge in [0.2, 0.25) is 5.91 Å². The summed E-state index contributed by atoms with van der Waals surface area (Å²) < 4.78 is 48.5. The van der Waals surface area contributed by atoms with Crippen LogP contribution in [-0.2, 0) is 26.0 Å². The number of ether oxygens (including phenoxy) is 1. The summed E-state index contributed by atoms with van der Waals surface area (Å²) in [6.45, 7) is 2.01. The molecular formula is C23H24FN3O4S. The van der Waals surface area contributed by atoms with Crippen LogP contribution in [0.25, 0.3) is 5.57 Å². The number of halogens is 1. The van der Waals surface area contributed by atoms with E-state index >= 15 is 4.39 Å². The van der Waals surface area contributed by atoms with Gasteiger partial charge in [-0.3, -0.25) is 9.52 Å². The average molecular weight is 458 g/mol. The monoisotopic (exact) mass is 457 g/mol. The van der Waals surface area contributed by atoms with Gasteiger partial charge in [0.05, 0.1) is 25.3 Å². The van der Waals surface area contributed by atoms with Crippen LogP contribution in [0.15, 0.2) is 66.8 Å². The molecule has 9 heteroatoms. The Hall–Kier alpha value is -3.04. The molecule has 1 unspecified atom stereocenters. The number of carbonyl (C=O) groups is 1. The summed E-state index contributed by atoms with van der Waals surface area (Å²) in [6.07, 6.45) is 3.81. The lowest BCUT2D eigenvalue weighted by atomic mass is 9.99. The number of allylic oxidation sites excluding steroid dienone is 3. The van der Waals surface area contributed by atoms with E-state index in [-0.39, 0.29) is 24.6 Å². The van der Waals surface area contributed by atoms with Crippen molar-refractivity contribution in [1.29, 1.82) is 0 Å². The minimum atomic E-state index is -4.43. The lowest BCUT2D eigenvalue weighted by molar-refractivity contribution is -0.134. The molecule has 1 atom stereocenters. The predicted molar refractivity (Wildman–Crippen MR) is 120 cm³/mol. The molecule has 1 aromatic carbocycles. The van der Waals surface area contributed by atoms with E-state index in [1.807, 2.05) is 30.3 Å². The van der Waals surface area contributed by atoms with Gasteiger partial charge in [-0.25, -0.2) is 17.8 Å². The first-order valence-corrected chi connectivity index (χ1v) is 11.8. The number of nitrogens with one attached hydrogen (secondary N) is 1. The fourth-order valence-corrected chi connectivity index (χ4v) is 4.69. The van der Waals surface area contributed by atoms with E-state index in [4.69, 9.17) is 4.74 Å². The van der Waals surface area contributed by atoms with Gasteiger partial charge in [0.25, 0.3) is 15.0 Å². The lowest BCUT2D eigenvalue weighted by Crippen LogP contribution is -2.41. The van der Waals surface area contributed by atoms with Gasteiger partial charge in [-0.15, -0.1) is 0 Å². The number of aromatic nitrogens is 1. The molecule has 0 saturated carbocycles. The summed E-state index contributed by atoms with van der Waals surface area (Å²) in [6, 6.07) is 14.0. The molecule has 1 aliphatic heterocycles. The summed E-state index contributed by atoms with van der Waals surface area (Å²) in [5.74, 6) is -0.142. The Bertz CT molecular complexity index is 1140. The van der Waals surface area contributed by atoms with Gasteiger partial charge in [0, 0.05) is 19.5 Å². The normalized spacial score (nSPS) is 21.2. The van der Waals surface area contributed by atoms with Crippen LogP contribution in [0.5, 0.6) is 0 Å². The molecule has 1 fully saturated rings. The molecule has 2 heterocycles. The van der Waals surface area contributed by atoms with E-state index < -0.39 is 15.0 Å². The smallest absolute Gasteiger partial charge is 0.273 e. The quantitative estimate of drug-likeness (QED) is 0.721. The Balaban J connectivity index is 1.44. The van der Waals surface area contributed by atoms with E-state index in [1.54, 1.807) is 23.1 Å². The highest BCUT2D eigenvalue weighted by Gasteiger charge is 2.43. The fraction of sp³-hybridized carbons (Fsp3) is 0.304. The highest BCUT2D eigenvalue weighted by molar-refractivity contribution is 7.94. The van der Waals surface area contributed by atoms with Gasteiger partial charge < -0.3 is 9.64 Å². The Morgan fingerprint density at radius 2 is 1.88 bits per heavy atom. The SMILES string of the molecule is O=C(Cc1cccc(NS(=O)(=O)C2(F)C=CC(c3ccccc3)=CC2)n1)N1CCOCC1. The largest absolute Gasteiger partial charge is 0.378 e. The van der Waals surface area contributed by atoms with E-state index in [9.17, 15) is 13.2 Å². The number of hydrogen-bond donors (Lipinski definition) is 1. The van der Waals surface area contributed by atoms with Crippen LogP contribution in [0.2, 0.25) is 0 Å². The van der Waals surface area contributed by atoms with Crippen molar-refractivity contribution < 1.29 is 22.3 Å². The highest BCUT2D eigenvalue weighted by Crippen LogP contribution is 2.34. The van der Waals surface area contributed by atoms with Crippen LogP contribution in [0, 0.1) is 0 Å². The number of hydrogen-bond acceptors (Lipinski definition) is 5. The third-order valence-corrected chi connectivity index (χ3v) is 7.08. The first-order valence-electron chi connectivity index (χ1n) is 10.3. The molecule has 1 amide bonds. The number of anilines is 1. The Labute approximate surface area is 186 Å². The van der Waals surface area contributed by atoms with Crippen LogP contribution in [0.3, 0.4) is 0 Å². The maximum Gasteiger partial charge on any atom is 0.273 e. The molecule has 0 spiro atoms. The molecular weight excluding hydrogens is 433 g/mol. The summed E-state index contributed by atoms with van der Waals surface area (Å²) in [5, 5.41) is -2.60. The van der Waals surface area contributed by atoms with Crippen LogP contribution >= 0.6 is 0 Å². The minimum Gasteiger partial charge on any atom is -0.378 e. The Morgan fingerprint density at radius 1 is 1.12 bits per heavy atom. The summed E-state index contributed by atoms with van der Waals surface area (Å²) in [7, 11) is -4.43. The van der Waals surface area contributed by atoms with E-state index in [0.717, 1.165) is 17.2 Å². The van der Waals surface area contributed by atoms with E-state index in [2.05, 4.69) is 9.71 Å². The van der Waals surface area contributed by atoms with Crippen LogP contribution < -0.4 is 4.72 Å². The molecule has 0 bridgehead atoms. The molecule has 168 valence electrons. The maximum atomic E-state index is 15.4. The van der Waals surface area contributed by atoms with Crippen molar-refractivity contribution in [2.75, 3.05) is 31.0 Å². The van der Waals surface area contributed by atoms with Gasteiger partial charge in [0.1, 0.15) is 5.82 Å². The fourth-order valence-electron chi connectivity index (χ4n) is 3.58. The third-order valence-electron chi connectivity index (χ3n) is 5.41. The van der Waals surface area contributed by atoms with Crippen molar-refractivity contribution in [1.82, 2.24) is 9.88 Å². The van der Waals surface area contributed by atoms with Crippen LogP contribution in [0.1, 0.15) is 17.7 Å². The molecule has 2 aromatic rings. The number of alkyl halides is 1. The second-order valence-corrected chi connectivity index (χ2v) is 9.53. The van der Waals surface area contributed by atoms with Crippen molar-refractivity contribution in [3.8, 4) is 0 Å².